The van der Waals surface area contributed by atoms with Crippen LogP contribution in [0.1, 0.15) is 24.3 Å². The van der Waals surface area contributed by atoms with Crippen LogP contribution in [0.25, 0.3) is 10.8 Å². The molecule has 0 radical (unpaired) electrons. The van der Waals surface area contributed by atoms with Crippen LogP contribution in [0.3, 0.4) is 0 Å². The van der Waals surface area contributed by atoms with Crippen molar-refractivity contribution in [2.24, 2.45) is 5.29 Å². The van der Waals surface area contributed by atoms with Crippen molar-refractivity contribution in [3.05, 3.63) is 46.9 Å². The summed E-state index contributed by atoms with van der Waals surface area (Å²) in [6, 6.07) is 11.8. The second-order valence-corrected chi connectivity index (χ2v) is 5.03. The lowest BCUT2D eigenvalue weighted by molar-refractivity contribution is 0.217. The van der Waals surface area contributed by atoms with Gasteiger partial charge in [0.05, 0.1) is 5.29 Å². The Morgan fingerprint density at radius 3 is 2.58 bits per heavy atom. The van der Waals surface area contributed by atoms with Gasteiger partial charge in [0.2, 0.25) is 0 Å². The fourth-order valence-corrected chi connectivity index (χ4v) is 2.95. The van der Waals surface area contributed by atoms with E-state index >= 15 is 0 Å². The van der Waals surface area contributed by atoms with Crippen LogP contribution in [0.5, 0.6) is 5.75 Å². The Labute approximate surface area is 111 Å². The molecule has 0 spiro atoms. The van der Waals surface area contributed by atoms with E-state index in [0.29, 0.717) is 24.8 Å². The highest BCUT2D eigenvalue weighted by Gasteiger charge is 2.24. The van der Waals surface area contributed by atoms with Gasteiger partial charge in [-0.2, -0.15) is 0 Å². The predicted octanol–water partition coefficient (Wildman–Crippen LogP) is 3.41. The van der Waals surface area contributed by atoms with Crippen LogP contribution in [-0.2, 0) is 0 Å². The van der Waals surface area contributed by atoms with Crippen molar-refractivity contribution in [3.8, 4) is 5.75 Å². The summed E-state index contributed by atoms with van der Waals surface area (Å²) in [4.78, 5) is 10.5. The van der Waals surface area contributed by atoms with Gasteiger partial charge in [-0.3, -0.25) is 5.01 Å². The minimum atomic E-state index is 0.295. The quantitative estimate of drug-likeness (QED) is 0.838. The van der Waals surface area contributed by atoms with Crippen LogP contribution in [0.4, 0.5) is 0 Å². The number of phenolic OH excluding ortho intramolecular Hbond substituents is 1. The van der Waals surface area contributed by atoms with Gasteiger partial charge in [-0.15, -0.1) is 4.91 Å². The summed E-state index contributed by atoms with van der Waals surface area (Å²) in [5, 5.41) is 17.0. The summed E-state index contributed by atoms with van der Waals surface area (Å²) in [7, 11) is 0. The van der Waals surface area contributed by atoms with Gasteiger partial charge < -0.3 is 5.11 Å². The zero-order valence-corrected chi connectivity index (χ0v) is 10.6. The summed E-state index contributed by atoms with van der Waals surface area (Å²) >= 11 is 0. The van der Waals surface area contributed by atoms with Crippen molar-refractivity contribution in [1.29, 1.82) is 0 Å². The van der Waals surface area contributed by atoms with E-state index in [4.69, 9.17) is 0 Å². The summed E-state index contributed by atoms with van der Waals surface area (Å²) in [5.74, 6) is 0.653. The summed E-state index contributed by atoms with van der Waals surface area (Å²) in [6.45, 7) is 1.33. The Hall–Kier alpha value is -2.10. The van der Waals surface area contributed by atoms with Crippen LogP contribution in [0.2, 0.25) is 0 Å². The van der Waals surface area contributed by atoms with Crippen molar-refractivity contribution in [3.63, 3.8) is 0 Å². The van der Waals surface area contributed by atoms with Crippen LogP contribution in [0.15, 0.2) is 41.7 Å². The highest BCUT2D eigenvalue weighted by Crippen LogP contribution is 2.38. The highest BCUT2D eigenvalue weighted by molar-refractivity contribution is 5.88. The normalized spacial score (nSPS) is 16.7. The Morgan fingerprint density at radius 1 is 1.11 bits per heavy atom. The average molecular weight is 256 g/mol. The second kappa shape index (κ2) is 4.88. The number of piperidine rings is 1. The molecule has 2 aromatic carbocycles. The molecule has 19 heavy (non-hydrogen) atoms. The molecule has 1 aliphatic rings. The van der Waals surface area contributed by atoms with E-state index in [-0.39, 0.29) is 0 Å². The monoisotopic (exact) mass is 256 g/mol. The Bertz CT molecular complexity index is 604. The zero-order valence-electron chi connectivity index (χ0n) is 10.6. The first-order valence-corrected chi connectivity index (χ1v) is 6.58. The van der Waals surface area contributed by atoms with Gasteiger partial charge in [-0.1, -0.05) is 30.3 Å². The van der Waals surface area contributed by atoms with Gasteiger partial charge in [0.25, 0.3) is 0 Å². The molecule has 0 atom stereocenters. The predicted molar refractivity (Wildman–Crippen MR) is 75.0 cm³/mol. The van der Waals surface area contributed by atoms with Crippen molar-refractivity contribution >= 4 is 10.8 Å². The smallest absolute Gasteiger partial charge is 0.119 e. The number of phenols is 1. The largest absolute Gasteiger partial charge is 0.508 e. The van der Waals surface area contributed by atoms with Gasteiger partial charge in [-0.05, 0) is 35.6 Å². The molecule has 1 N–H and O–H groups in total. The topological polar surface area (TPSA) is 52.9 Å². The van der Waals surface area contributed by atoms with E-state index in [2.05, 4.69) is 17.4 Å². The molecule has 1 fully saturated rings. The summed E-state index contributed by atoms with van der Waals surface area (Å²) < 4.78 is 0. The molecular formula is C15H16N2O2. The number of hydrogen-bond acceptors (Lipinski definition) is 3. The average Bonchev–Trinajstić information content (AvgIpc) is 2.47. The van der Waals surface area contributed by atoms with Crippen molar-refractivity contribution in [2.45, 2.75) is 18.8 Å². The maximum absolute atomic E-state index is 10.5. The molecule has 3 rings (SSSR count). The first-order valence-electron chi connectivity index (χ1n) is 6.58. The first-order chi connectivity index (χ1) is 9.29. The lowest BCUT2D eigenvalue weighted by atomic mass is 9.86. The third kappa shape index (κ3) is 2.14. The Morgan fingerprint density at radius 2 is 1.84 bits per heavy atom. The molecule has 0 aliphatic carbocycles. The number of aromatic hydroxyl groups is 1. The molecule has 98 valence electrons. The molecule has 1 aliphatic heterocycles. The van der Waals surface area contributed by atoms with E-state index in [1.54, 1.807) is 11.1 Å². The lowest BCUT2D eigenvalue weighted by Gasteiger charge is -2.29. The van der Waals surface area contributed by atoms with Crippen LogP contribution in [0, 0.1) is 4.91 Å². The minimum Gasteiger partial charge on any atom is -0.508 e. The van der Waals surface area contributed by atoms with Gasteiger partial charge >= 0.3 is 0 Å². The van der Waals surface area contributed by atoms with Gasteiger partial charge in [0.1, 0.15) is 5.75 Å². The summed E-state index contributed by atoms with van der Waals surface area (Å²) in [5.41, 5.74) is 1.02. The molecule has 0 unspecified atom stereocenters. The second-order valence-electron chi connectivity index (χ2n) is 5.03. The van der Waals surface area contributed by atoms with E-state index < -0.39 is 0 Å². The molecule has 2 aromatic rings. The number of hydrogen-bond donors (Lipinski definition) is 1. The summed E-state index contributed by atoms with van der Waals surface area (Å²) in [6.07, 6.45) is 1.71. The van der Waals surface area contributed by atoms with Crippen LogP contribution >= 0.6 is 0 Å². The molecule has 0 saturated carbocycles. The number of fused-ring (bicyclic) bond motifs is 1. The first kappa shape index (κ1) is 12.0. The fraction of sp³-hybridized carbons (Fsp3) is 0.333. The third-order valence-electron chi connectivity index (χ3n) is 3.94. The number of benzene rings is 2. The van der Waals surface area contributed by atoms with E-state index in [1.807, 2.05) is 18.2 Å². The standard InChI is InChI=1S/C15H16N2O2/c18-14-6-5-11-3-1-2-4-13(11)15(14)12-7-9-17(16-19)10-8-12/h1-6,12,18H,7-10H2. The lowest BCUT2D eigenvalue weighted by Crippen LogP contribution is -2.28. The van der Waals surface area contributed by atoms with Crippen LogP contribution in [-0.4, -0.2) is 23.2 Å². The van der Waals surface area contributed by atoms with Gasteiger partial charge in [-0.25, -0.2) is 0 Å². The Kier molecular flexibility index (Phi) is 3.07. The van der Waals surface area contributed by atoms with E-state index in [0.717, 1.165) is 29.2 Å². The van der Waals surface area contributed by atoms with E-state index in [1.165, 1.54) is 0 Å². The maximum atomic E-state index is 10.5. The highest BCUT2D eigenvalue weighted by atomic mass is 16.3. The molecule has 1 saturated heterocycles. The maximum Gasteiger partial charge on any atom is 0.119 e. The van der Waals surface area contributed by atoms with Crippen LogP contribution < -0.4 is 0 Å². The van der Waals surface area contributed by atoms with Gasteiger partial charge in [0.15, 0.2) is 0 Å². The van der Waals surface area contributed by atoms with Crippen molar-refractivity contribution in [2.75, 3.05) is 13.1 Å². The molecule has 4 nitrogen and oxygen atoms in total. The zero-order chi connectivity index (χ0) is 13.2. The third-order valence-corrected chi connectivity index (χ3v) is 3.94. The Balaban J connectivity index is 2.00. The molecule has 0 amide bonds. The minimum absolute atomic E-state index is 0.295. The number of rotatable bonds is 2. The molecule has 1 heterocycles. The van der Waals surface area contributed by atoms with Gasteiger partial charge in [0, 0.05) is 18.7 Å². The van der Waals surface area contributed by atoms with E-state index in [9.17, 15) is 10.0 Å². The fourth-order valence-electron chi connectivity index (χ4n) is 2.95. The molecule has 4 heteroatoms. The van der Waals surface area contributed by atoms with Crippen molar-refractivity contribution in [1.82, 2.24) is 5.01 Å². The molecular weight excluding hydrogens is 240 g/mol. The molecule has 0 aromatic heterocycles. The molecule has 0 bridgehead atoms. The SMILES string of the molecule is O=NN1CCC(c2c(O)ccc3ccccc23)CC1. The number of nitrogens with zero attached hydrogens (tertiary/aromatic N) is 2. The van der Waals surface area contributed by atoms with Crippen molar-refractivity contribution < 1.29 is 5.11 Å². The number of nitroso groups, excluding NO2 is 1.